The van der Waals surface area contributed by atoms with Gasteiger partial charge in [0.1, 0.15) is 0 Å². The van der Waals surface area contributed by atoms with Gasteiger partial charge in [-0.15, -0.1) is 19.7 Å². The van der Waals surface area contributed by atoms with Crippen LogP contribution in [-0.4, -0.2) is 40.3 Å². The lowest BCUT2D eigenvalue weighted by Crippen LogP contribution is -2.66. The van der Waals surface area contributed by atoms with Gasteiger partial charge in [-0.05, 0) is 36.6 Å². The van der Waals surface area contributed by atoms with Gasteiger partial charge in [-0.2, -0.15) is 0 Å². The van der Waals surface area contributed by atoms with E-state index >= 15 is 0 Å². The molecule has 0 saturated heterocycles. The summed E-state index contributed by atoms with van der Waals surface area (Å²) in [6.45, 7) is 19.5. The number of nitrogens with zero attached hydrogens (tertiary/aromatic N) is 3. The van der Waals surface area contributed by atoms with Crippen LogP contribution in [0.3, 0.4) is 0 Å². The normalized spacial score (nSPS) is 10.6. The molecule has 1 aromatic heterocycles. The van der Waals surface area contributed by atoms with Gasteiger partial charge in [0.05, 0.1) is 19.6 Å². The van der Waals surface area contributed by atoms with Crippen LogP contribution in [0.15, 0.2) is 113 Å². The number of hydrogen-bond acceptors (Lipinski definition) is 5. The lowest BCUT2D eigenvalue weighted by Gasteiger charge is -2.35. The Morgan fingerprint density at radius 1 is 0.610 bits per heavy atom. The topological polar surface area (TPSA) is 84.5 Å². The molecule has 0 fully saturated rings. The van der Waals surface area contributed by atoms with Gasteiger partial charge in [0.15, 0.2) is 18.1 Å². The Morgan fingerprint density at radius 2 is 0.878 bits per heavy atom. The van der Waals surface area contributed by atoms with Gasteiger partial charge in [0.25, 0.3) is 0 Å². The molecule has 0 aliphatic heterocycles. The highest BCUT2D eigenvalue weighted by Crippen LogP contribution is 2.13. The Bertz CT molecular complexity index is 1240. The summed E-state index contributed by atoms with van der Waals surface area (Å²) in [6, 6.07) is 21.1. The molecule has 41 heavy (non-hydrogen) atoms. The summed E-state index contributed by atoms with van der Waals surface area (Å²) in [6.07, 6.45) is 4.26. The lowest BCUT2D eigenvalue weighted by atomic mass is 10.4. The minimum absolute atomic E-state index is 0. The van der Waals surface area contributed by atoms with E-state index in [-0.39, 0.29) is 34.5 Å². The molecule has 0 aliphatic rings. The second-order valence-electron chi connectivity index (χ2n) is 9.23. The predicted octanol–water partition coefficient (Wildman–Crippen LogP) is 3.24. The third kappa shape index (κ3) is 9.61. The summed E-state index contributed by atoms with van der Waals surface area (Å²) in [7, 11) is -5.02. The zero-order valence-corrected chi connectivity index (χ0v) is 26.6. The van der Waals surface area contributed by atoms with E-state index in [1.807, 2.05) is 12.1 Å². The molecule has 0 unspecified atom stereocenters. The Balaban J connectivity index is 0.000000753. The van der Waals surface area contributed by atoms with Crippen LogP contribution in [0.2, 0.25) is 26.2 Å². The zero-order chi connectivity index (χ0) is 29.0. The van der Waals surface area contributed by atoms with E-state index < -0.39 is 43.7 Å². The van der Waals surface area contributed by atoms with E-state index in [1.54, 1.807) is 0 Å². The highest BCUT2D eigenvalue weighted by atomic mass is 28.5. The molecule has 0 aliphatic carbocycles. The molecule has 2 aromatic carbocycles. The molecule has 0 bridgehead atoms. The van der Waals surface area contributed by atoms with E-state index in [4.69, 9.17) is 8.23 Å². The lowest BCUT2D eigenvalue weighted by molar-refractivity contribution is 0.434. The summed E-state index contributed by atoms with van der Waals surface area (Å²) < 4.78 is 16.1. The number of hydrogen-bond donors (Lipinski definition) is 0. The van der Waals surface area contributed by atoms with Gasteiger partial charge in [0.2, 0.25) is 0 Å². The minimum Gasteiger partial charge on any atom is -0.433 e. The molecule has 224 valence electrons. The molecule has 0 amide bonds. The molecule has 3 aromatic rings. The molecule has 11 heteroatoms. The smallest absolute Gasteiger partial charge is 0.386 e. The van der Waals surface area contributed by atoms with E-state index in [2.05, 4.69) is 94.5 Å². The summed E-state index contributed by atoms with van der Waals surface area (Å²) in [5.74, 6) is 0. The van der Waals surface area contributed by atoms with Gasteiger partial charge in [-0.1, -0.05) is 93.7 Å². The average molecular weight is 614 g/mol. The fourth-order valence-electron chi connectivity index (χ4n) is 3.98. The monoisotopic (exact) mass is 613 g/mol. The summed E-state index contributed by atoms with van der Waals surface area (Å²) >= 11 is 0. The van der Waals surface area contributed by atoms with Crippen LogP contribution >= 0.6 is 0 Å². The first-order chi connectivity index (χ1) is 18.6. The Kier molecular flexibility index (Phi) is 16.7. The van der Waals surface area contributed by atoms with Crippen molar-refractivity contribution in [2.24, 2.45) is 0 Å². The Hall–Kier alpha value is -3.36. The average Bonchev–Trinajstić information content (AvgIpc) is 2.92. The van der Waals surface area contributed by atoms with Crippen LogP contribution in [0, 0.1) is 0 Å². The van der Waals surface area contributed by atoms with Crippen molar-refractivity contribution in [2.45, 2.75) is 60.7 Å². The van der Waals surface area contributed by atoms with Crippen molar-refractivity contribution in [1.82, 2.24) is 13.7 Å². The van der Waals surface area contributed by atoms with E-state index in [1.165, 1.54) is 28.6 Å². The Labute approximate surface area is 249 Å². The highest BCUT2D eigenvalue weighted by molar-refractivity contribution is 6.98. The number of benzene rings is 2. The first-order valence-electron chi connectivity index (χ1n) is 12.9. The second-order valence-corrected chi connectivity index (χ2v) is 17.7. The molecular formula is C30H47N3O5Si3. The van der Waals surface area contributed by atoms with Crippen molar-refractivity contribution >= 4 is 37.0 Å². The van der Waals surface area contributed by atoms with Gasteiger partial charge >= 0.3 is 25.6 Å². The number of aromatic nitrogens is 3. The zero-order valence-electron chi connectivity index (χ0n) is 23.3. The molecule has 1 heterocycles. The Morgan fingerprint density at radius 3 is 1.10 bits per heavy atom. The first-order valence-corrected chi connectivity index (χ1v) is 20.2. The standard InChI is InChI=1S/C16H24O2Si3.C12H15N3O3.2CH4/c1-19(2)17-21(18-20(3)4,15-11-7-5-8-12-15)16-13-9-6-10-14-16;1-4-7-13-10(16)14(8-5-2)12(18)15(9-6-3)11(13)17;;/h5-14,19-20H,1-4H3;4-6H,1-3,7-9H2;2*1H4. The summed E-state index contributed by atoms with van der Waals surface area (Å²) in [4.78, 5) is 35.8. The van der Waals surface area contributed by atoms with Crippen LogP contribution in [0.25, 0.3) is 0 Å². The summed E-state index contributed by atoms with van der Waals surface area (Å²) in [5.41, 5.74) is -1.99. The fraction of sp³-hybridized carbons (Fsp3) is 0.300. The van der Waals surface area contributed by atoms with Crippen molar-refractivity contribution in [2.75, 3.05) is 0 Å². The maximum Gasteiger partial charge on any atom is 0.386 e. The summed E-state index contributed by atoms with van der Waals surface area (Å²) in [5, 5.41) is 2.44. The largest absolute Gasteiger partial charge is 0.433 e. The van der Waals surface area contributed by atoms with Crippen molar-refractivity contribution in [3.05, 3.63) is 130 Å². The molecule has 8 nitrogen and oxygen atoms in total. The van der Waals surface area contributed by atoms with Crippen molar-refractivity contribution in [3.63, 3.8) is 0 Å². The number of rotatable bonds is 12. The molecule has 0 saturated carbocycles. The van der Waals surface area contributed by atoms with Crippen molar-refractivity contribution < 1.29 is 8.23 Å². The van der Waals surface area contributed by atoms with Crippen molar-refractivity contribution in [1.29, 1.82) is 0 Å². The van der Waals surface area contributed by atoms with E-state index in [9.17, 15) is 14.4 Å². The van der Waals surface area contributed by atoms with Crippen LogP contribution in [-0.2, 0) is 27.9 Å². The number of allylic oxidation sites excluding steroid dienone is 3. The molecular weight excluding hydrogens is 567 g/mol. The van der Waals surface area contributed by atoms with Crippen molar-refractivity contribution in [3.8, 4) is 0 Å². The molecule has 0 N–H and O–H groups in total. The van der Waals surface area contributed by atoms with Gasteiger partial charge in [-0.3, -0.25) is 0 Å². The predicted molar refractivity (Wildman–Crippen MR) is 181 cm³/mol. The van der Waals surface area contributed by atoms with E-state index in [0.29, 0.717) is 0 Å². The minimum atomic E-state index is -2.55. The quantitative estimate of drug-likeness (QED) is 0.231. The fourth-order valence-corrected chi connectivity index (χ4v) is 13.8. The SMILES string of the molecule is C.C.C=CCn1c(=O)n(CC=C)c(=O)n(CC=C)c1=O.C[SiH](C)O[Si](O[SiH](C)C)(c1ccccc1)c1ccccc1. The van der Waals surface area contributed by atoms with Crippen LogP contribution in [0.5, 0.6) is 0 Å². The third-order valence-corrected chi connectivity index (χ3v) is 14.0. The molecule has 0 radical (unpaired) electrons. The third-order valence-electron chi connectivity index (χ3n) is 5.43. The van der Waals surface area contributed by atoms with Crippen LogP contribution < -0.4 is 27.4 Å². The van der Waals surface area contributed by atoms with Crippen LogP contribution in [0.4, 0.5) is 0 Å². The maximum absolute atomic E-state index is 11.9. The maximum atomic E-state index is 11.9. The van der Waals surface area contributed by atoms with E-state index in [0.717, 1.165) is 13.7 Å². The van der Waals surface area contributed by atoms with Gasteiger partial charge < -0.3 is 8.23 Å². The molecule has 0 spiro atoms. The molecule has 0 atom stereocenters. The van der Waals surface area contributed by atoms with Gasteiger partial charge in [0, 0.05) is 0 Å². The van der Waals surface area contributed by atoms with Gasteiger partial charge in [-0.25, -0.2) is 28.1 Å². The molecule has 3 rings (SSSR count). The first kappa shape index (κ1) is 37.6. The highest BCUT2D eigenvalue weighted by Gasteiger charge is 2.43. The van der Waals surface area contributed by atoms with Crippen LogP contribution in [0.1, 0.15) is 14.9 Å². The second kappa shape index (κ2) is 18.1.